The molecular formula is C22H26ClN5O3S. The second-order valence-electron chi connectivity index (χ2n) is 7.25. The summed E-state index contributed by atoms with van der Waals surface area (Å²) in [5.74, 6) is -0.715. The van der Waals surface area contributed by atoms with Crippen molar-refractivity contribution in [2.24, 2.45) is 5.92 Å². The predicted molar refractivity (Wildman–Crippen MR) is 125 cm³/mol. The molecule has 0 spiro atoms. The summed E-state index contributed by atoms with van der Waals surface area (Å²) < 4.78 is 7.18. The minimum atomic E-state index is -0.333. The van der Waals surface area contributed by atoms with Crippen LogP contribution in [0.25, 0.3) is 0 Å². The molecule has 10 heteroatoms. The highest BCUT2D eigenvalue weighted by Crippen LogP contribution is 2.20. The second-order valence-corrected chi connectivity index (χ2v) is 8.71. The van der Waals surface area contributed by atoms with Gasteiger partial charge in [-0.1, -0.05) is 35.1 Å². The molecular weight excluding hydrogens is 450 g/mol. The number of aryl methyl sites for hydroxylation is 2. The monoisotopic (exact) mass is 475 g/mol. The zero-order valence-electron chi connectivity index (χ0n) is 17.8. The molecule has 8 nitrogen and oxygen atoms in total. The zero-order chi connectivity index (χ0) is 22.8. The fourth-order valence-electron chi connectivity index (χ4n) is 3.10. The van der Waals surface area contributed by atoms with E-state index in [1.165, 1.54) is 6.20 Å². The van der Waals surface area contributed by atoms with Crippen LogP contribution in [0.15, 0.2) is 49.2 Å². The third kappa shape index (κ3) is 7.44. The summed E-state index contributed by atoms with van der Waals surface area (Å²) in [6.45, 7) is 1.62. The van der Waals surface area contributed by atoms with Gasteiger partial charge in [-0.2, -0.15) is 0 Å². The minimum absolute atomic E-state index is 0.178. The summed E-state index contributed by atoms with van der Waals surface area (Å²) in [4.78, 5) is 33.7. The Morgan fingerprint density at radius 3 is 2.81 bits per heavy atom. The Morgan fingerprint density at radius 1 is 1.28 bits per heavy atom. The SMILES string of the molecule is COCC(CCc1ccc(Cl)cc1)C(=O)Nc1ncc(C(=O)NCCCn2ccnc2)s1. The first kappa shape index (κ1) is 23.9. The van der Waals surface area contributed by atoms with Gasteiger partial charge in [-0.05, 0) is 37.0 Å². The molecule has 3 rings (SSSR count). The summed E-state index contributed by atoms with van der Waals surface area (Å²) >= 11 is 7.07. The lowest BCUT2D eigenvalue weighted by molar-refractivity contribution is -0.121. The van der Waals surface area contributed by atoms with Gasteiger partial charge in [0.25, 0.3) is 5.91 Å². The molecule has 0 saturated heterocycles. The maximum absolute atomic E-state index is 12.7. The van der Waals surface area contributed by atoms with Crippen molar-refractivity contribution in [1.82, 2.24) is 19.9 Å². The van der Waals surface area contributed by atoms with Crippen molar-refractivity contribution in [3.05, 3.63) is 64.6 Å². The molecule has 0 saturated carbocycles. The normalized spacial score (nSPS) is 11.8. The number of thiazole rings is 1. The molecule has 0 aliphatic carbocycles. The maximum atomic E-state index is 12.7. The number of hydrogen-bond donors (Lipinski definition) is 2. The van der Waals surface area contributed by atoms with Crippen LogP contribution in [0.3, 0.4) is 0 Å². The highest BCUT2D eigenvalue weighted by atomic mass is 35.5. The van der Waals surface area contributed by atoms with Gasteiger partial charge in [-0.25, -0.2) is 9.97 Å². The van der Waals surface area contributed by atoms with Gasteiger partial charge in [0, 0.05) is 37.6 Å². The molecule has 0 aliphatic heterocycles. The Bertz CT molecular complexity index is 991. The van der Waals surface area contributed by atoms with Gasteiger partial charge in [0.2, 0.25) is 5.91 Å². The number of nitrogens with one attached hydrogen (secondary N) is 2. The number of halogens is 1. The number of aromatic nitrogens is 3. The molecule has 0 aliphatic rings. The van der Waals surface area contributed by atoms with Crippen molar-refractivity contribution in [2.45, 2.75) is 25.8 Å². The average molecular weight is 476 g/mol. The number of nitrogens with zero attached hydrogens (tertiary/aromatic N) is 3. The summed E-state index contributed by atoms with van der Waals surface area (Å²) in [5, 5.41) is 6.76. The Hall–Kier alpha value is -2.75. The van der Waals surface area contributed by atoms with Gasteiger partial charge >= 0.3 is 0 Å². The van der Waals surface area contributed by atoms with Crippen LogP contribution in [-0.2, 0) is 22.5 Å². The maximum Gasteiger partial charge on any atom is 0.263 e. The largest absolute Gasteiger partial charge is 0.384 e. The van der Waals surface area contributed by atoms with Crippen LogP contribution in [-0.4, -0.2) is 46.6 Å². The first-order chi connectivity index (χ1) is 15.5. The van der Waals surface area contributed by atoms with E-state index < -0.39 is 0 Å². The zero-order valence-corrected chi connectivity index (χ0v) is 19.4. The summed E-state index contributed by atoms with van der Waals surface area (Å²) in [5.41, 5.74) is 1.10. The Kier molecular flexibility index (Phi) is 9.21. The molecule has 2 amide bonds. The molecule has 0 fully saturated rings. The van der Waals surface area contributed by atoms with Gasteiger partial charge in [-0.15, -0.1) is 0 Å². The second kappa shape index (κ2) is 12.3. The quantitative estimate of drug-likeness (QED) is 0.390. The lowest BCUT2D eigenvalue weighted by Gasteiger charge is -2.15. The third-order valence-corrected chi connectivity index (χ3v) is 5.99. The highest BCUT2D eigenvalue weighted by molar-refractivity contribution is 7.17. The van der Waals surface area contributed by atoms with Crippen LogP contribution in [0, 0.1) is 5.92 Å². The van der Waals surface area contributed by atoms with Gasteiger partial charge in [0.15, 0.2) is 5.13 Å². The van der Waals surface area contributed by atoms with Crippen molar-refractivity contribution in [1.29, 1.82) is 0 Å². The molecule has 0 bridgehead atoms. The van der Waals surface area contributed by atoms with E-state index in [0.717, 1.165) is 36.3 Å². The molecule has 1 atom stereocenters. The predicted octanol–water partition coefficient (Wildman–Crippen LogP) is 3.65. The van der Waals surface area contributed by atoms with E-state index in [1.54, 1.807) is 19.6 Å². The molecule has 1 aromatic carbocycles. The Morgan fingerprint density at radius 2 is 2.09 bits per heavy atom. The fourth-order valence-corrected chi connectivity index (χ4v) is 3.96. The third-order valence-electron chi connectivity index (χ3n) is 4.83. The number of carbonyl (C=O) groups excluding carboxylic acids is 2. The van der Waals surface area contributed by atoms with Crippen molar-refractivity contribution >= 4 is 39.9 Å². The number of imidazole rings is 1. The van der Waals surface area contributed by atoms with E-state index in [9.17, 15) is 9.59 Å². The molecule has 2 N–H and O–H groups in total. The number of anilines is 1. The van der Waals surface area contributed by atoms with E-state index in [-0.39, 0.29) is 17.7 Å². The number of methoxy groups -OCH3 is 1. The van der Waals surface area contributed by atoms with Crippen LogP contribution >= 0.6 is 22.9 Å². The number of hydrogen-bond acceptors (Lipinski definition) is 6. The number of amides is 2. The van der Waals surface area contributed by atoms with E-state index >= 15 is 0 Å². The van der Waals surface area contributed by atoms with Gasteiger partial charge < -0.3 is 19.9 Å². The van der Waals surface area contributed by atoms with Gasteiger partial charge in [0.05, 0.1) is 25.0 Å². The molecule has 0 radical (unpaired) electrons. The van der Waals surface area contributed by atoms with E-state index in [1.807, 2.05) is 35.0 Å². The lowest BCUT2D eigenvalue weighted by Crippen LogP contribution is -2.27. The van der Waals surface area contributed by atoms with Crippen molar-refractivity contribution in [3.8, 4) is 0 Å². The average Bonchev–Trinajstić information content (AvgIpc) is 3.47. The molecule has 3 aromatic rings. The molecule has 1 unspecified atom stereocenters. The Balaban J connectivity index is 1.46. The fraction of sp³-hybridized carbons (Fsp3) is 0.364. The highest BCUT2D eigenvalue weighted by Gasteiger charge is 2.20. The van der Waals surface area contributed by atoms with Crippen molar-refractivity contribution in [2.75, 3.05) is 25.6 Å². The van der Waals surface area contributed by atoms with Crippen LogP contribution in [0.1, 0.15) is 28.1 Å². The van der Waals surface area contributed by atoms with Crippen molar-refractivity contribution < 1.29 is 14.3 Å². The van der Waals surface area contributed by atoms with Crippen LogP contribution < -0.4 is 10.6 Å². The molecule has 170 valence electrons. The van der Waals surface area contributed by atoms with Gasteiger partial charge in [-0.3, -0.25) is 9.59 Å². The van der Waals surface area contributed by atoms with Crippen molar-refractivity contribution in [3.63, 3.8) is 0 Å². The van der Waals surface area contributed by atoms with Crippen LogP contribution in [0.4, 0.5) is 5.13 Å². The smallest absolute Gasteiger partial charge is 0.263 e. The van der Waals surface area contributed by atoms with Crippen LogP contribution in [0.5, 0.6) is 0 Å². The minimum Gasteiger partial charge on any atom is -0.384 e. The number of carbonyl (C=O) groups is 2. The Labute approximate surface area is 196 Å². The number of rotatable bonds is 12. The standard InChI is InChI=1S/C22H26ClN5O3S/c1-31-14-17(6-3-16-4-7-18(23)8-5-16)20(29)27-22-26-13-19(32-22)21(30)25-9-2-11-28-12-10-24-15-28/h4-5,7-8,10,12-13,15,17H,2-3,6,9,11,14H2,1H3,(H,25,30)(H,26,27,29). The molecule has 32 heavy (non-hydrogen) atoms. The van der Waals surface area contributed by atoms with E-state index in [4.69, 9.17) is 16.3 Å². The van der Waals surface area contributed by atoms with E-state index in [2.05, 4.69) is 20.6 Å². The topological polar surface area (TPSA) is 98.1 Å². The molecule has 2 aromatic heterocycles. The lowest BCUT2D eigenvalue weighted by atomic mass is 9.99. The molecule has 2 heterocycles. The van der Waals surface area contributed by atoms with E-state index in [0.29, 0.717) is 34.6 Å². The summed E-state index contributed by atoms with van der Waals surface area (Å²) in [6, 6.07) is 7.57. The number of ether oxygens (including phenoxy) is 1. The summed E-state index contributed by atoms with van der Waals surface area (Å²) in [6.07, 6.45) is 8.96. The van der Waals surface area contributed by atoms with Gasteiger partial charge in [0.1, 0.15) is 4.88 Å². The summed E-state index contributed by atoms with van der Waals surface area (Å²) in [7, 11) is 1.57. The number of benzene rings is 1. The first-order valence-corrected chi connectivity index (χ1v) is 11.5. The van der Waals surface area contributed by atoms with Crippen LogP contribution in [0.2, 0.25) is 5.02 Å². The first-order valence-electron chi connectivity index (χ1n) is 10.3.